The van der Waals surface area contributed by atoms with Crippen LogP contribution >= 0.6 is 0 Å². The third kappa shape index (κ3) is 3.06. The van der Waals surface area contributed by atoms with E-state index in [0.717, 1.165) is 4.68 Å². The second-order valence-corrected chi connectivity index (χ2v) is 3.74. The van der Waals surface area contributed by atoms with Gasteiger partial charge in [-0.1, -0.05) is 17.3 Å². The number of nitrogens with two attached hydrogens (primary N) is 1. The van der Waals surface area contributed by atoms with Crippen LogP contribution in [0.25, 0.3) is 0 Å². The number of nitrogens with zero attached hydrogens (tertiary/aromatic N) is 3. The molecule has 2 rings (SSSR count). The zero-order valence-electron chi connectivity index (χ0n) is 9.78. The van der Waals surface area contributed by atoms with Gasteiger partial charge in [0.1, 0.15) is 6.54 Å². The van der Waals surface area contributed by atoms with E-state index in [1.165, 1.54) is 6.20 Å². The summed E-state index contributed by atoms with van der Waals surface area (Å²) < 4.78 is 1.14. The number of hydrogen-bond acceptors (Lipinski definition) is 5. The van der Waals surface area contributed by atoms with Crippen molar-refractivity contribution in [1.29, 1.82) is 0 Å². The number of carbonyl (C=O) groups is 2. The first-order valence-corrected chi connectivity index (χ1v) is 5.34. The molecule has 8 heteroatoms. The number of anilines is 2. The number of carboxylic acids is 1. The number of hydrogen-bond donors (Lipinski definition) is 3. The van der Waals surface area contributed by atoms with Crippen molar-refractivity contribution >= 4 is 23.3 Å². The quantitative estimate of drug-likeness (QED) is 0.675. The van der Waals surface area contributed by atoms with E-state index >= 15 is 0 Å². The Hall–Kier alpha value is -2.90. The van der Waals surface area contributed by atoms with Crippen molar-refractivity contribution in [2.24, 2.45) is 0 Å². The summed E-state index contributed by atoms with van der Waals surface area (Å²) in [5, 5.41) is 18.2. The third-order valence-corrected chi connectivity index (χ3v) is 2.30. The molecule has 1 amide bonds. The second kappa shape index (κ2) is 5.17. The second-order valence-electron chi connectivity index (χ2n) is 3.74. The Morgan fingerprint density at radius 2 is 2.11 bits per heavy atom. The van der Waals surface area contributed by atoms with Crippen molar-refractivity contribution in [3.8, 4) is 0 Å². The molecule has 98 valence electrons. The van der Waals surface area contributed by atoms with Gasteiger partial charge in [-0.2, -0.15) is 0 Å². The number of aromatic carboxylic acids is 1. The van der Waals surface area contributed by atoms with Crippen molar-refractivity contribution < 1.29 is 14.7 Å². The van der Waals surface area contributed by atoms with Crippen LogP contribution < -0.4 is 11.1 Å². The van der Waals surface area contributed by atoms with E-state index in [0.29, 0.717) is 11.4 Å². The van der Waals surface area contributed by atoms with Gasteiger partial charge in [-0.05, 0) is 12.1 Å². The fourth-order valence-corrected chi connectivity index (χ4v) is 1.42. The summed E-state index contributed by atoms with van der Waals surface area (Å²) in [5.74, 6) is -1.57. The number of nitrogen functional groups attached to an aromatic ring is 1. The number of nitrogens with one attached hydrogen (secondary N) is 1. The molecular formula is C11H11N5O3. The van der Waals surface area contributed by atoms with Gasteiger partial charge in [0.15, 0.2) is 5.69 Å². The molecule has 0 saturated carbocycles. The minimum atomic E-state index is -1.20. The summed E-state index contributed by atoms with van der Waals surface area (Å²) >= 11 is 0. The van der Waals surface area contributed by atoms with Gasteiger partial charge >= 0.3 is 5.97 Å². The normalized spacial score (nSPS) is 10.1. The van der Waals surface area contributed by atoms with Crippen LogP contribution in [0, 0.1) is 0 Å². The average Bonchev–Trinajstić information content (AvgIpc) is 2.80. The molecule has 2 aromatic rings. The molecule has 0 fully saturated rings. The van der Waals surface area contributed by atoms with E-state index in [4.69, 9.17) is 10.8 Å². The molecule has 0 aliphatic heterocycles. The van der Waals surface area contributed by atoms with E-state index in [-0.39, 0.29) is 18.1 Å². The Labute approximate surface area is 107 Å². The molecular weight excluding hydrogens is 250 g/mol. The Morgan fingerprint density at radius 1 is 1.37 bits per heavy atom. The van der Waals surface area contributed by atoms with E-state index in [1.54, 1.807) is 24.3 Å². The molecule has 8 nitrogen and oxygen atoms in total. The first kappa shape index (κ1) is 12.6. The van der Waals surface area contributed by atoms with E-state index in [9.17, 15) is 9.59 Å². The Kier molecular flexibility index (Phi) is 3.42. The molecule has 1 heterocycles. The molecule has 1 aromatic heterocycles. The lowest BCUT2D eigenvalue weighted by Gasteiger charge is -2.07. The van der Waals surface area contributed by atoms with Crippen molar-refractivity contribution in [1.82, 2.24) is 15.0 Å². The van der Waals surface area contributed by atoms with Crippen LogP contribution in [0.1, 0.15) is 10.5 Å². The molecule has 0 radical (unpaired) electrons. The Bertz CT molecular complexity index is 622. The maximum atomic E-state index is 11.7. The van der Waals surface area contributed by atoms with Crippen molar-refractivity contribution in [3.63, 3.8) is 0 Å². The van der Waals surface area contributed by atoms with E-state index in [1.807, 2.05) is 0 Å². The molecule has 1 aromatic carbocycles. The minimum Gasteiger partial charge on any atom is -0.476 e. The lowest BCUT2D eigenvalue weighted by Crippen LogP contribution is -2.19. The molecule has 0 aliphatic rings. The molecule has 0 spiro atoms. The lowest BCUT2D eigenvalue weighted by molar-refractivity contribution is -0.116. The van der Waals surface area contributed by atoms with Gasteiger partial charge in [-0.3, -0.25) is 4.79 Å². The highest BCUT2D eigenvalue weighted by atomic mass is 16.4. The largest absolute Gasteiger partial charge is 0.476 e. The summed E-state index contributed by atoms with van der Waals surface area (Å²) in [6.07, 6.45) is 1.18. The summed E-state index contributed by atoms with van der Waals surface area (Å²) in [5.41, 5.74) is 6.40. The molecule has 0 unspecified atom stereocenters. The fraction of sp³-hybridized carbons (Fsp3) is 0.0909. The summed E-state index contributed by atoms with van der Waals surface area (Å²) in [6.45, 7) is -0.144. The van der Waals surface area contributed by atoms with Gasteiger partial charge in [-0.25, -0.2) is 9.48 Å². The number of aromatic nitrogens is 3. The van der Waals surface area contributed by atoms with Crippen molar-refractivity contribution in [3.05, 3.63) is 36.2 Å². The molecule has 19 heavy (non-hydrogen) atoms. The van der Waals surface area contributed by atoms with Crippen molar-refractivity contribution in [2.45, 2.75) is 6.54 Å². The number of carboxylic acid groups (broad SMARTS) is 1. The predicted octanol–water partition coefficient (Wildman–Crippen LogP) is 0.197. The number of rotatable bonds is 4. The summed E-state index contributed by atoms with van der Waals surface area (Å²) in [7, 11) is 0. The van der Waals surface area contributed by atoms with Crippen LogP contribution in [-0.2, 0) is 11.3 Å². The number of amides is 1. The van der Waals surface area contributed by atoms with Crippen LogP contribution in [0.2, 0.25) is 0 Å². The zero-order chi connectivity index (χ0) is 13.8. The fourth-order valence-electron chi connectivity index (χ4n) is 1.42. The summed E-state index contributed by atoms with van der Waals surface area (Å²) in [6, 6.07) is 6.82. The SMILES string of the molecule is Nc1ccccc1NC(=O)Cn1cc(C(=O)O)nn1. The topological polar surface area (TPSA) is 123 Å². The van der Waals surface area contributed by atoms with E-state index in [2.05, 4.69) is 15.6 Å². The molecule has 0 bridgehead atoms. The van der Waals surface area contributed by atoms with Crippen LogP contribution in [0.3, 0.4) is 0 Å². The van der Waals surface area contributed by atoms with Gasteiger partial charge in [0, 0.05) is 0 Å². The Morgan fingerprint density at radius 3 is 2.74 bits per heavy atom. The van der Waals surface area contributed by atoms with Crippen molar-refractivity contribution in [2.75, 3.05) is 11.1 Å². The number of benzene rings is 1. The number of carbonyl (C=O) groups excluding carboxylic acids is 1. The summed E-state index contributed by atoms with van der Waals surface area (Å²) in [4.78, 5) is 22.3. The standard InChI is InChI=1S/C11H11N5O3/c12-7-3-1-2-4-8(7)13-10(17)6-16-5-9(11(18)19)14-15-16/h1-5H,6,12H2,(H,13,17)(H,18,19). The maximum absolute atomic E-state index is 11.7. The van der Waals surface area contributed by atoms with Gasteiger partial charge in [-0.15, -0.1) is 5.10 Å². The van der Waals surface area contributed by atoms with Crippen LogP contribution in [0.5, 0.6) is 0 Å². The average molecular weight is 261 g/mol. The highest BCUT2D eigenvalue weighted by molar-refractivity contribution is 5.93. The van der Waals surface area contributed by atoms with E-state index < -0.39 is 5.97 Å². The van der Waals surface area contributed by atoms with Gasteiger partial charge in [0.05, 0.1) is 17.6 Å². The zero-order valence-corrected chi connectivity index (χ0v) is 9.78. The Balaban J connectivity index is 2.01. The maximum Gasteiger partial charge on any atom is 0.358 e. The molecule has 0 saturated heterocycles. The molecule has 0 atom stereocenters. The number of para-hydroxylation sites is 2. The van der Waals surface area contributed by atoms with Crippen LogP contribution in [0.15, 0.2) is 30.5 Å². The monoisotopic (exact) mass is 261 g/mol. The lowest BCUT2D eigenvalue weighted by atomic mass is 10.2. The van der Waals surface area contributed by atoms with Crippen LogP contribution in [-0.4, -0.2) is 32.0 Å². The molecule has 0 aliphatic carbocycles. The highest BCUT2D eigenvalue weighted by Crippen LogP contribution is 2.16. The first-order chi connectivity index (χ1) is 9.06. The van der Waals surface area contributed by atoms with Crippen LogP contribution in [0.4, 0.5) is 11.4 Å². The predicted molar refractivity (Wildman–Crippen MR) is 66.5 cm³/mol. The molecule has 4 N–H and O–H groups in total. The minimum absolute atomic E-state index is 0.144. The smallest absolute Gasteiger partial charge is 0.358 e. The third-order valence-electron chi connectivity index (χ3n) is 2.30. The first-order valence-electron chi connectivity index (χ1n) is 5.34. The van der Waals surface area contributed by atoms with Gasteiger partial charge < -0.3 is 16.2 Å². The van der Waals surface area contributed by atoms with Gasteiger partial charge in [0.2, 0.25) is 5.91 Å². The van der Waals surface area contributed by atoms with Gasteiger partial charge in [0.25, 0.3) is 0 Å². The highest BCUT2D eigenvalue weighted by Gasteiger charge is 2.11.